The fourth-order valence-corrected chi connectivity index (χ4v) is 2.06. The summed E-state index contributed by atoms with van der Waals surface area (Å²) in [6, 6.07) is 11.8. The number of benzene rings is 2. The predicted molar refractivity (Wildman–Crippen MR) is 80.0 cm³/mol. The molecular formula is C17H17F2NO2. The Morgan fingerprint density at radius 1 is 1.14 bits per heavy atom. The number of halogens is 2. The standard InChI is InChI=1S/C17H17F2NO2/c1-20(11-13-5-3-2-4-6-13)7-8-22-17-15(18)9-14(12-21)10-16(17)19/h2-6,9-10,12H,7-8,11H2,1H3. The van der Waals surface area contributed by atoms with Gasteiger partial charge in [0.1, 0.15) is 12.9 Å². The lowest BCUT2D eigenvalue weighted by Crippen LogP contribution is -2.24. The summed E-state index contributed by atoms with van der Waals surface area (Å²) in [7, 11) is 1.90. The minimum atomic E-state index is -0.868. The highest BCUT2D eigenvalue weighted by Crippen LogP contribution is 2.22. The molecule has 0 unspecified atom stereocenters. The molecule has 0 bridgehead atoms. The highest BCUT2D eigenvalue weighted by atomic mass is 19.1. The van der Waals surface area contributed by atoms with Crippen molar-refractivity contribution in [3.63, 3.8) is 0 Å². The smallest absolute Gasteiger partial charge is 0.190 e. The number of ether oxygens (including phenoxy) is 1. The quantitative estimate of drug-likeness (QED) is 0.735. The molecule has 0 heterocycles. The van der Waals surface area contributed by atoms with Crippen molar-refractivity contribution in [2.75, 3.05) is 20.2 Å². The van der Waals surface area contributed by atoms with Crippen molar-refractivity contribution in [1.82, 2.24) is 4.90 Å². The molecule has 0 radical (unpaired) electrons. The number of hydrogen-bond donors (Lipinski definition) is 0. The van der Waals surface area contributed by atoms with E-state index in [2.05, 4.69) is 0 Å². The third-order valence-corrected chi connectivity index (χ3v) is 3.17. The van der Waals surface area contributed by atoms with Crippen LogP contribution < -0.4 is 4.74 Å². The molecule has 0 spiro atoms. The molecular weight excluding hydrogens is 288 g/mol. The molecule has 0 aliphatic carbocycles. The number of carbonyl (C=O) groups is 1. The van der Waals surface area contributed by atoms with Crippen LogP contribution in [0.2, 0.25) is 0 Å². The van der Waals surface area contributed by atoms with E-state index in [-0.39, 0.29) is 12.2 Å². The number of nitrogens with zero attached hydrogens (tertiary/aromatic N) is 1. The molecule has 0 saturated heterocycles. The van der Waals surface area contributed by atoms with Crippen molar-refractivity contribution < 1.29 is 18.3 Å². The lowest BCUT2D eigenvalue weighted by Gasteiger charge is -2.17. The van der Waals surface area contributed by atoms with Gasteiger partial charge in [-0.1, -0.05) is 30.3 Å². The Labute approximate surface area is 128 Å². The van der Waals surface area contributed by atoms with E-state index in [1.165, 1.54) is 0 Å². The van der Waals surface area contributed by atoms with Crippen molar-refractivity contribution in [2.45, 2.75) is 6.54 Å². The van der Waals surface area contributed by atoms with Crippen LogP contribution in [0.5, 0.6) is 5.75 Å². The van der Waals surface area contributed by atoms with Gasteiger partial charge in [-0.05, 0) is 24.7 Å². The Balaban J connectivity index is 1.87. The summed E-state index contributed by atoms with van der Waals surface area (Å²) in [5.41, 5.74) is 1.10. The van der Waals surface area contributed by atoms with Crippen LogP contribution in [0.4, 0.5) is 8.78 Å². The molecule has 0 atom stereocenters. The average molecular weight is 305 g/mol. The maximum absolute atomic E-state index is 13.6. The van der Waals surface area contributed by atoms with Crippen LogP contribution in [0.1, 0.15) is 15.9 Å². The fraction of sp³-hybridized carbons (Fsp3) is 0.235. The van der Waals surface area contributed by atoms with Crippen LogP contribution in [0.3, 0.4) is 0 Å². The zero-order chi connectivity index (χ0) is 15.9. The summed E-state index contributed by atoms with van der Waals surface area (Å²) >= 11 is 0. The van der Waals surface area contributed by atoms with Crippen molar-refractivity contribution in [1.29, 1.82) is 0 Å². The normalized spacial score (nSPS) is 10.7. The molecule has 0 amide bonds. The van der Waals surface area contributed by atoms with Gasteiger partial charge in [-0.3, -0.25) is 9.69 Å². The molecule has 0 aromatic heterocycles. The van der Waals surface area contributed by atoms with Gasteiger partial charge in [-0.15, -0.1) is 0 Å². The van der Waals surface area contributed by atoms with Crippen LogP contribution >= 0.6 is 0 Å². The lowest BCUT2D eigenvalue weighted by atomic mass is 10.2. The van der Waals surface area contributed by atoms with Crippen molar-refractivity contribution in [3.8, 4) is 5.75 Å². The minimum Gasteiger partial charge on any atom is -0.486 e. The maximum Gasteiger partial charge on any atom is 0.190 e. The van der Waals surface area contributed by atoms with E-state index in [1.54, 1.807) is 0 Å². The van der Waals surface area contributed by atoms with Gasteiger partial charge < -0.3 is 4.74 Å². The van der Waals surface area contributed by atoms with Gasteiger partial charge in [0.2, 0.25) is 0 Å². The predicted octanol–water partition coefficient (Wildman–Crippen LogP) is 3.29. The maximum atomic E-state index is 13.6. The molecule has 0 N–H and O–H groups in total. The molecule has 2 aromatic rings. The van der Waals surface area contributed by atoms with Gasteiger partial charge in [0.05, 0.1) is 0 Å². The Kier molecular flexibility index (Phi) is 5.61. The summed E-state index contributed by atoms with van der Waals surface area (Å²) in [5, 5.41) is 0. The molecule has 22 heavy (non-hydrogen) atoms. The molecule has 5 heteroatoms. The molecule has 116 valence electrons. The van der Waals surface area contributed by atoms with Gasteiger partial charge in [0.25, 0.3) is 0 Å². The van der Waals surface area contributed by atoms with Gasteiger partial charge in [-0.25, -0.2) is 8.78 Å². The van der Waals surface area contributed by atoms with Crippen LogP contribution in [0, 0.1) is 11.6 Å². The highest BCUT2D eigenvalue weighted by Gasteiger charge is 2.12. The van der Waals surface area contributed by atoms with E-state index in [1.807, 2.05) is 42.3 Å². The zero-order valence-corrected chi connectivity index (χ0v) is 12.3. The summed E-state index contributed by atoms with van der Waals surface area (Å²) in [4.78, 5) is 12.5. The number of hydrogen-bond acceptors (Lipinski definition) is 3. The first-order chi connectivity index (χ1) is 10.6. The molecule has 0 saturated carbocycles. The third kappa shape index (κ3) is 4.36. The molecule has 3 nitrogen and oxygen atoms in total. The first-order valence-corrected chi connectivity index (χ1v) is 6.89. The van der Waals surface area contributed by atoms with E-state index in [0.717, 1.165) is 24.2 Å². The Morgan fingerprint density at radius 2 is 1.77 bits per heavy atom. The molecule has 0 fully saturated rings. The van der Waals surface area contributed by atoms with Crippen molar-refractivity contribution >= 4 is 6.29 Å². The van der Waals surface area contributed by atoms with Crippen molar-refractivity contribution in [3.05, 3.63) is 65.2 Å². The van der Waals surface area contributed by atoms with Crippen LogP contribution in [0.25, 0.3) is 0 Å². The summed E-state index contributed by atoms with van der Waals surface area (Å²) in [6.45, 7) is 1.39. The SMILES string of the molecule is CN(CCOc1c(F)cc(C=O)cc1F)Cc1ccccc1. The van der Waals surface area contributed by atoms with E-state index in [0.29, 0.717) is 12.8 Å². The molecule has 0 aliphatic heterocycles. The topological polar surface area (TPSA) is 29.5 Å². The number of aldehydes is 1. The van der Waals surface area contributed by atoms with Gasteiger partial charge in [0.15, 0.2) is 17.4 Å². The molecule has 2 aromatic carbocycles. The van der Waals surface area contributed by atoms with Gasteiger partial charge >= 0.3 is 0 Å². The van der Waals surface area contributed by atoms with Crippen molar-refractivity contribution in [2.24, 2.45) is 0 Å². The largest absolute Gasteiger partial charge is 0.486 e. The van der Waals surface area contributed by atoms with Crippen LogP contribution in [-0.4, -0.2) is 31.4 Å². The fourth-order valence-electron chi connectivity index (χ4n) is 2.06. The van der Waals surface area contributed by atoms with Crippen LogP contribution in [0.15, 0.2) is 42.5 Å². The van der Waals surface area contributed by atoms with E-state index >= 15 is 0 Å². The Bertz CT molecular complexity index is 609. The first-order valence-electron chi connectivity index (χ1n) is 6.89. The van der Waals surface area contributed by atoms with E-state index in [9.17, 15) is 13.6 Å². The molecule has 0 aliphatic rings. The highest BCUT2D eigenvalue weighted by molar-refractivity contribution is 5.75. The average Bonchev–Trinajstić information content (AvgIpc) is 2.50. The third-order valence-electron chi connectivity index (χ3n) is 3.17. The minimum absolute atomic E-state index is 0.0523. The number of carbonyl (C=O) groups excluding carboxylic acids is 1. The van der Waals surface area contributed by atoms with E-state index < -0.39 is 17.4 Å². The van der Waals surface area contributed by atoms with Gasteiger partial charge in [-0.2, -0.15) is 0 Å². The second-order valence-electron chi connectivity index (χ2n) is 5.00. The lowest BCUT2D eigenvalue weighted by molar-refractivity contribution is 0.112. The number of rotatable bonds is 7. The van der Waals surface area contributed by atoms with E-state index in [4.69, 9.17) is 4.74 Å². The zero-order valence-electron chi connectivity index (χ0n) is 12.3. The summed E-state index contributed by atoms with van der Waals surface area (Å²) < 4.78 is 32.4. The summed E-state index contributed by atoms with van der Waals surface area (Å²) in [6.07, 6.45) is 0.392. The Hall–Kier alpha value is -2.27. The second-order valence-corrected chi connectivity index (χ2v) is 5.00. The number of likely N-dealkylation sites (N-methyl/N-ethyl adjacent to an activating group) is 1. The van der Waals surface area contributed by atoms with Crippen LogP contribution in [-0.2, 0) is 6.54 Å². The monoisotopic (exact) mass is 305 g/mol. The Morgan fingerprint density at radius 3 is 2.36 bits per heavy atom. The molecule has 2 rings (SSSR count). The second kappa shape index (κ2) is 7.66. The summed E-state index contributed by atoms with van der Waals surface area (Å²) in [5.74, 6) is -2.18. The van der Waals surface area contributed by atoms with Gasteiger partial charge in [0, 0.05) is 18.7 Å². The first kappa shape index (κ1) is 16.1.